The van der Waals surface area contributed by atoms with Crippen LogP contribution in [0, 0.1) is 0 Å². The minimum absolute atomic E-state index is 0.0110. The maximum Gasteiger partial charge on any atom is 0.260 e. The Morgan fingerprint density at radius 1 is 0.846 bits per heavy atom. The first-order valence-corrected chi connectivity index (χ1v) is 8.69. The van der Waals surface area contributed by atoms with E-state index in [1.165, 1.54) is 0 Å². The number of anilines is 1. The van der Waals surface area contributed by atoms with Gasteiger partial charge in [-0.15, -0.1) is 0 Å². The lowest BCUT2D eigenvalue weighted by atomic mass is 10.1. The van der Waals surface area contributed by atoms with E-state index in [9.17, 15) is 4.79 Å². The third-order valence-electron chi connectivity index (χ3n) is 4.62. The normalized spacial score (nSPS) is 10.8. The van der Waals surface area contributed by atoms with E-state index in [1.54, 1.807) is 0 Å². The predicted molar refractivity (Wildman–Crippen MR) is 106 cm³/mol. The quantitative estimate of drug-likeness (QED) is 0.512. The van der Waals surface area contributed by atoms with Crippen molar-refractivity contribution in [2.24, 2.45) is 7.05 Å². The lowest BCUT2D eigenvalue weighted by molar-refractivity contribution is 0.0986. The Morgan fingerprint density at radius 3 is 2.19 bits per heavy atom. The van der Waals surface area contributed by atoms with E-state index < -0.39 is 0 Å². The Kier molecular flexibility index (Phi) is 4.28. The van der Waals surface area contributed by atoms with Gasteiger partial charge in [-0.25, -0.2) is 0 Å². The van der Waals surface area contributed by atoms with Crippen LogP contribution in [-0.4, -0.2) is 10.5 Å². The Balaban J connectivity index is 1.79. The largest absolute Gasteiger partial charge is 0.350 e. The van der Waals surface area contributed by atoms with Crippen LogP contribution in [0.2, 0.25) is 0 Å². The lowest BCUT2D eigenvalue weighted by Crippen LogP contribution is -2.30. The van der Waals surface area contributed by atoms with E-state index in [0.29, 0.717) is 6.54 Å². The van der Waals surface area contributed by atoms with Gasteiger partial charge in [0.25, 0.3) is 5.91 Å². The van der Waals surface area contributed by atoms with Crippen molar-refractivity contribution in [2.75, 3.05) is 4.90 Å². The number of aryl methyl sites for hydroxylation is 1. The number of hydrogen-bond acceptors (Lipinski definition) is 1. The van der Waals surface area contributed by atoms with Crippen molar-refractivity contribution in [2.45, 2.75) is 6.54 Å². The molecular formula is C23H20N2O. The minimum Gasteiger partial charge on any atom is -0.350 e. The molecule has 1 heterocycles. The highest BCUT2D eigenvalue weighted by Gasteiger charge is 2.21. The first kappa shape index (κ1) is 16.2. The van der Waals surface area contributed by atoms with Gasteiger partial charge in [-0.3, -0.25) is 4.79 Å². The van der Waals surface area contributed by atoms with Crippen LogP contribution in [0.3, 0.4) is 0 Å². The van der Waals surface area contributed by atoms with Gasteiger partial charge >= 0.3 is 0 Å². The number of aromatic nitrogens is 1. The summed E-state index contributed by atoms with van der Waals surface area (Å²) in [6, 6.07) is 27.9. The number of amides is 1. The van der Waals surface area contributed by atoms with Crippen molar-refractivity contribution in [1.29, 1.82) is 0 Å². The number of hydrogen-bond donors (Lipinski definition) is 0. The molecule has 0 fully saturated rings. The van der Waals surface area contributed by atoms with Gasteiger partial charge in [0.1, 0.15) is 0 Å². The summed E-state index contributed by atoms with van der Waals surface area (Å²) in [5.74, 6) is 0.0110. The zero-order valence-electron chi connectivity index (χ0n) is 14.7. The fourth-order valence-corrected chi connectivity index (χ4v) is 3.31. The van der Waals surface area contributed by atoms with Crippen LogP contribution >= 0.6 is 0 Å². The van der Waals surface area contributed by atoms with Gasteiger partial charge in [-0.1, -0.05) is 66.7 Å². The number of benzene rings is 3. The lowest BCUT2D eigenvalue weighted by Gasteiger charge is -2.23. The SMILES string of the molecule is Cn1cc(C(=O)N(Cc2ccccc2)c2ccccc2)c2ccccc21. The highest BCUT2D eigenvalue weighted by atomic mass is 16.2. The van der Waals surface area contributed by atoms with Crippen molar-refractivity contribution in [3.8, 4) is 0 Å². The summed E-state index contributed by atoms with van der Waals surface area (Å²) in [7, 11) is 1.98. The van der Waals surface area contributed by atoms with E-state index in [2.05, 4.69) is 0 Å². The van der Waals surface area contributed by atoms with E-state index in [1.807, 2.05) is 108 Å². The molecule has 0 saturated carbocycles. The Morgan fingerprint density at radius 2 is 1.46 bits per heavy atom. The zero-order valence-corrected chi connectivity index (χ0v) is 14.7. The maximum atomic E-state index is 13.5. The molecule has 0 aliphatic rings. The standard InChI is InChI=1S/C23H20N2O/c1-24-17-21(20-14-8-9-15-22(20)24)23(26)25(19-12-6-3-7-13-19)16-18-10-4-2-5-11-18/h2-15,17H,16H2,1H3. The fraction of sp³-hybridized carbons (Fsp3) is 0.0870. The molecule has 3 heteroatoms. The predicted octanol–water partition coefficient (Wildman–Crippen LogP) is 5.03. The molecule has 3 aromatic carbocycles. The monoisotopic (exact) mass is 340 g/mol. The van der Waals surface area contributed by atoms with Gasteiger partial charge in [0.15, 0.2) is 0 Å². The van der Waals surface area contributed by atoms with Crippen LogP contribution < -0.4 is 4.90 Å². The van der Waals surface area contributed by atoms with Crippen molar-refractivity contribution < 1.29 is 4.79 Å². The first-order valence-electron chi connectivity index (χ1n) is 8.69. The van der Waals surface area contributed by atoms with Gasteiger partial charge < -0.3 is 9.47 Å². The highest BCUT2D eigenvalue weighted by Crippen LogP contribution is 2.25. The highest BCUT2D eigenvalue weighted by molar-refractivity contribution is 6.14. The van der Waals surface area contributed by atoms with Crippen molar-refractivity contribution >= 4 is 22.5 Å². The van der Waals surface area contributed by atoms with Crippen LogP contribution in [0.4, 0.5) is 5.69 Å². The Labute approximate surface area is 153 Å². The Bertz CT molecular complexity index is 1040. The summed E-state index contributed by atoms with van der Waals surface area (Å²) >= 11 is 0. The Hall–Kier alpha value is -3.33. The van der Waals surface area contributed by atoms with Gasteiger partial charge in [-0.2, -0.15) is 0 Å². The third-order valence-corrected chi connectivity index (χ3v) is 4.62. The molecule has 1 amide bonds. The summed E-state index contributed by atoms with van der Waals surface area (Å²) < 4.78 is 2.01. The van der Waals surface area contributed by atoms with Crippen molar-refractivity contribution in [1.82, 2.24) is 4.57 Å². The molecule has 1 aromatic heterocycles. The number of rotatable bonds is 4. The van der Waals surface area contributed by atoms with Crippen LogP contribution in [0.1, 0.15) is 15.9 Å². The second-order valence-electron chi connectivity index (χ2n) is 6.38. The molecule has 0 atom stereocenters. The molecule has 0 spiro atoms. The van der Waals surface area contributed by atoms with Gasteiger partial charge in [0.2, 0.25) is 0 Å². The van der Waals surface area contributed by atoms with E-state index in [-0.39, 0.29) is 5.91 Å². The molecule has 3 nitrogen and oxygen atoms in total. The maximum absolute atomic E-state index is 13.5. The molecule has 4 aromatic rings. The smallest absolute Gasteiger partial charge is 0.260 e. The van der Waals surface area contributed by atoms with Gasteiger partial charge in [0.05, 0.1) is 12.1 Å². The number of nitrogens with zero attached hydrogens (tertiary/aromatic N) is 2. The summed E-state index contributed by atoms with van der Waals surface area (Å²) in [5, 5.41) is 0.981. The fourth-order valence-electron chi connectivity index (χ4n) is 3.31. The van der Waals surface area contributed by atoms with Crippen molar-refractivity contribution in [3.05, 3.63) is 102 Å². The van der Waals surface area contributed by atoms with E-state index >= 15 is 0 Å². The summed E-state index contributed by atoms with van der Waals surface area (Å²) in [6.07, 6.45) is 1.92. The second-order valence-corrected chi connectivity index (χ2v) is 6.38. The average Bonchev–Trinajstić information content (AvgIpc) is 3.04. The van der Waals surface area contributed by atoms with E-state index in [4.69, 9.17) is 0 Å². The third kappa shape index (κ3) is 3.00. The number of carbonyl (C=O) groups excluding carboxylic acids is 1. The average molecular weight is 340 g/mol. The van der Waals surface area contributed by atoms with E-state index in [0.717, 1.165) is 27.7 Å². The molecule has 0 radical (unpaired) electrons. The molecule has 0 N–H and O–H groups in total. The number of carbonyl (C=O) groups is 1. The van der Waals surface area contributed by atoms with Crippen LogP contribution in [-0.2, 0) is 13.6 Å². The molecule has 0 saturated heterocycles. The zero-order chi connectivity index (χ0) is 17.9. The summed E-state index contributed by atoms with van der Waals surface area (Å²) in [6.45, 7) is 0.535. The van der Waals surface area contributed by atoms with Crippen molar-refractivity contribution in [3.63, 3.8) is 0 Å². The summed E-state index contributed by atoms with van der Waals surface area (Å²) in [4.78, 5) is 15.3. The molecule has 128 valence electrons. The number of fused-ring (bicyclic) bond motifs is 1. The minimum atomic E-state index is 0.0110. The molecule has 4 rings (SSSR count). The van der Waals surface area contributed by atoms with Crippen LogP contribution in [0.15, 0.2) is 91.1 Å². The van der Waals surface area contributed by atoms with Crippen LogP contribution in [0.25, 0.3) is 10.9 Å². The molecule has 0 aliphatic carbocycles. The second kappa shape index (κ2) is 6.89. The van der Waals surface area contributed by atoms with Gasteiger partial charge in [-0.05, 0) is 23.8 Å². The molecule has 26 heavy (non-hydrogen) atoms. The topological polar surface area (TPSA) is 25.2 Å². The van der Waals surface area contributed by atoms with Gasteiger partial charge in [0, 0.05) is 29.8 Å². The van der Waals surface area contributed by atoms with Crippen LogP contribution in [0.5, 0.6) is 0 Å². The summed E-state index contributed by atoms with van der Waals surface area (Å²) in [5.41, 5.74) is 3.78. The first-order chi connectivity index (χ1) is 12.7. The molecular weight excluding hydrogens is 320 g/mol. The molecule has 0 aliphatic heterocycles. The molecule has 0 bridgehead atoms. The number of para-hydroxylation sites is 2. The molecule has 0 unspecified atom stereocenters.